The molecule has 1 heteroatoms. The Morgan fingerprint density at radius 1 is 1.19 bits per heavy atom. The largest absolute Gasteiger partial charge is 0.303 e. The highest BCUT2D eigenvalue weighted by molar-refractivity contribution is 5.23. The van der Waals surface area contributed by atoms with Crippen molar-refractivity contribution in [2.45, 2.75) is 59.3 Å². The van der Waals surface area contributed by atoms with Crippen molar-refractivity contribution in [1.29, 1.82) is 0 Å². The molecule has 0 amide bonds. The van der Waals surface area contributed by atoms with Gasteiger partial charge in [0.05, 0.1) is 0 Å². The Bertz CT molecular complexity index is 255. The summed E-state index contributed by atoms with van der Waals surface area (Å²) in [7, 11) is 0. The van der Waals surface area contributed by atoms with Crippen LogP contribution in [0, 0.1) is 5.41 Å². The van der Waals surface area contributed by atoms with Crippen LogP contribution < -0.4 is 0 Å². The molecule has 0 radical (unpaired) electrons. The van der Waals surface area contributed by atoms with Gasteiger partial charge in [-0.1, -0.05) is 24.5 Å². The van der Waals surface area contributed by atoms with E-state index in [1.807, 2.05) is 0 Å². The molecule has 0 aromatic carbocycles. The van der Waals surface area contributed by atoms with E-state index in [9.17, 15) is 0 Å². The molecule has 2 aliphatic rings. The minimum atomic E-state index is 0.731. The molecule has 1 nitrogen and oxygen atoms in total. The summed E-state index contributed by atoms with van der Waals surface area (Å²) in [6, 6.07) is 0. The first-order chi connectivity index (χ1) is 7.65. The molecular formula is C15H27N. The second kappa shape index (κ2) is 4.91. The lowest BCUT2D eigenvalue weighted by Gasteiger charge is -2.50. The molecule has 0 atom stereocenters. The van der Waals surface area contributed by atoms with Crippen LogP contribution in [0.25, 0.3) is 0 Å². The van der Waals surface area contributed by atoms with Gasteiger partial charge in [-0.3, -0.25) is 0 Å². The number of hydrogen-bond donors (Lipinski definition) is 0. The summed E-state index contributed by atoms with van der Waals surface area (Å²) < 4.78 is 0. The summed E-state index contributed by atoms with van der Waals surface area (Å²) in [5, 5.41) is 0. The van der Waals surface area contributed by atoms with E-state index in [1.54, 1.807) is 11.1 Å². The van der Waals surface area contributed by atoms with Crippen molar-refractivity contribution < 1.29 is 0 Å². The van der Waals surface area contributed by atoms with Crippen molar-refractivity contribution >= 4 is 0 Å². The molecule has 0 bridgehead atoms. The standard InChI is InChI=1S/C15H27N/c1-4-5-8-16-9-6-15(7-10-16)11-14(12-15)13(2)3/h4-12H2,1-3H3. The molecular weight excluding hydrogens is 194 g/mol. The van der Waals surface area contributed by atoms with Crippen LogP contribution in [0.4, 0.5) is 0 Å². The average Bonchev–Trinajstić information content (AvgIpc) is 2.23. The van der Waals surface area contributed by atoms with Crippen LogP contribution in [-0.4, -0.2) is 24.5 Å². The SMILES string of the molecule is CCCCN1CCC2(CC1)CC(=C(C)C)C2. The van der Waals surface area contributed by atoms with E-state index in [0.717, 1.165) is 5.41 Å². The van der Waals surface area contributed by atoms with Crippen molar-refractivity contribution in [1.82, 2.24) is 4.90 Å². The van der Waals surface area contributed by atoms with Gasteiger partial charge in [-0.15, -0.1) is 0 Å². The summed E-state index contributed by atoms with van der Waals surface area (Å²) in [5.41, 5.74) is 4.07. The first kappa shape index (κ1) is 12.2. The van der Waals surface area contributed by atoms with Crippen LogP contribution in [0.3, 0.4) is 0 Å². The van der Waals surface area contributed by atoms with Gasteiger partial charge in [-0.05, 0) is 71.0 Å². The minimum absolute atomic E-state index is 0.731. The molecule has 1 aliphatic carbocycles. The maximum Gasteiger partial charge on any atom is -0.00132 e. The monoisotopic (exact) mass is 221 g/mol. The highest BCUT2D eigenvalue weighted by Crippen LogP contribution is 2.53. The lowest BCUT2D eigenvalue weighted by molar-refractivity contribution is 0.0679. The number of rotatable bonds is 3. The van der Waals surface area contributed by atoms with Crippen molar-refractivity contribution in [3.8, 4) is 0 Å². The Hall–Kier alpha value is -0.300. The maximum atomic E-state index is 2.68. The summed E-state index contributed by atoms with van der Waals surface area (Å²) in [6.07, 6.45) is 8.45. The number of piperidine rings is 1. The Kier molecular flexibility index (Phi) is 3.73. The van der Waals surface area contributed by atoms with Gasteiger partial charge < -0.3 is 4.90 Å². The summed E-state index contributed by atoms with van der Waals surface area (Å²) in [6.45, 7) is 10.9. The van der Waals surface area contributed by atoms with Gasteiger partial charge >= 0.3 is 0 Å². The number of unbranched alkanes of at least 4 members (excludes halogenated alkanes) is 1. The van der Waals surface area contributed by atoms with Crippen LogP contribution in [0.5, 0.6) is 0 Å². The third-order valence-corrected chi connectivity index (χ3v) is 4.63. The van der Waals surface area contributed by atoms with Crippen molar-refractivity contribution in [2.24, 2.45) is 5.41 Å². The summed E-state index contributed by atoms with van der Waals surface area (Å²) >= 11 is 0. The Labute approximate surface area is 101 Å². The molecule has 0 unspecified atom stereocenters. The molecule has 1 heterocycles. The number of allylic oxidation sites excluding steroid dienone is 2. The van der Waals surface area contributed by atoms with E-state index in [0.29, 0.717) is 0 Å². The predicted molar refractivity (Wildman–Crippen MR) is 70.6 cm³/mol. The van der Waals surface area contributed by atoms with Crippen LogP contribution in [-0.2, 0) is 0 Å². The van der Waals surface area contributed by atoms with Crippen LogP contribution in [0.1, 0.15) is 59.3 Å². The van der Waals surface area contributed by atoms with E-state index in [2.05, 4.69) is 25.7 Å². The molecule has 92 valence electrons. The summed E-state index contributed by atoms with van der Waals surface area (Å²) in [4.78, 5) is 2.68. The van der Waals surface area contributed by atoms with E-state index in [-0.39, 0.29) is 0 Å². The molecule has 2 fully saturated rings. The number of hydrogen-bond acceptors (Lipinski definition) is 1. The molecule has 1 saturated heterocycles. The quantitative estimate of drug-likeness (QED) is 0.651. The first-order valence-electron chi connectivity index (χ1n) is 7.03. The number of likely N-dealkylation sites (tertiary alicyclic amines) is 1. The zero-order valence-electron chi connectivity index (χ0n) is 11.3. The van der Waals surface area contributed by atoms with Gasteiger partial charge in [0.15, 0.2) is 0 Å². The fourth-order valence-electron chi connectivity index (χ4n) is 3.19. The second-order valence-corrected chi connectivity index (χ2v) is 6.15. The third-order valence-electron chi connectivity index (χ3n) is 4.63. The van der Waals surface area contributed by atoms with Gasteiger partial charge in [0, 0.05) is 0 Å². The third kappa shape index (κ3) is 2.51. The van der Waals surface area contributed by atoms with E-state index in [4.69, 9.17) is 0 Å². The van der Waals surface area contributed by atoms with Gasteiger partial charge in [0.25, 0.3) is 0 Å². The lowest BCUT2D eigenvalue weighted by atomic mass is 9.59. The Morgan fingerprint density at radius 3 is 2.31 bits per heavy atom. The fourth-order valence-corrected chi connectivity index (χ4v) is 3.19. The molecule has 1 spiro atoms. The number of nitrogens with zero attached hydrogens (tertiary/aromatic N) is 1. The van der Waals surface area contributed by atoms with Crippen LogP contribution >= 0.6 is 0 Å². The van der Waals surface area contributed by atoms with Crippen molar-refractivity contribution in [2.75, 3.05) is 19.6 Å². The average molecular weight is 221 g/mol. The van der Waals surface area contributed by atoms with Gasteiger partial charge in [0.1, 0.15) is 0 Å². The molecule has 1 saturated carbocycles. The highest BCUT2D eigenvalue weighted by Gasteiger charge is 2.42. The highest BCUT2D eigenvalue weighted by atomic mass is 15.1. The smallest absolute Gasteiger partial charge is 0.00132 e. The van der Waals surface area contributed by atoms with Crippen LogP contribution in [0.15, 0.2) is 11.1 Å². The molecule has 0 aromatic rings. The zero-order chi connectivity index (χ0) is 11.6. The molecule has 1 aliphatic heterocycles. The van der Waals surface area contributed by atoms with Gasteiger partial charge in [0.2, 0.25) is 0 Å². The predicted octanol–water partition coefficient (Wildman–Crippen LogP) is 4.00. The van der Waals surface area contributed by atoms with Crippen LogP contribution in [0.2, 0.25) is 0 Å². The van der Waals surface area contributed by atoms with E-state index < -0.39 is 0 Å². The molecule has 16 heavy (non-hydrogen) atoms. The second-order valence-electron chi connectivity index (χ2n) is 6.15. The van der Waals surface area contributed by atoms with Gasteiger partial charge in [-0.25, -0.2) is 0 Å². The lowest BCUT2D eigenvalue weighted by Crippen LogP contribution is -2.44. The zero-order valence-corrected chi connectivity index (χ0v) is 11.3. The topological polar surface area (TPSA) is 3.24 Å². The van der Waals surface area contributed by atoms with E-state index >= 15 is 0 Å². The summed E-state index contributed by atoms with van der Waals surface area (Å²) in [5.74, 6) is 0. The minimum Gasteiger partial charge on any atom is -0.303 e. The van der Waals surface area contributed by atoms with Crippen molar-refractivity contribution in [3.05, 3.63) is 11.1 Å². The first-order valence-corrected chi connectivity index (χ1v) is 7.03. The Morgan fingerprint density at radius 2 is 1.81 bits per heavy atom. The molecule has 2 rings (SSSR count). The van der Waals surface area contributed by atoms with Gasteiger partial charge in [-0.2, -0.15) is 0 Å². The fraction of sp³-hybridized carbons (Fsp3) is 0.867. The molecule has 0 N–H and O–H groups in total. The normalized spacial score (nSPS) is 24.6. The molecule has 0 aromatic heterocycles. The van der Waals surface area contributed by atoms with E-state index in [1.165, 1.54) is 58.2 Å². The Balaban J connectivity index is 1.77. The maximum absolute atomic E-state index is 2.68. The van der Waals surface area contributed by atoms with Crippen molar-refractivity contribution in [3.63, 3.8) is 0 Å².